The number of benzene rings is 1. The number of anilines is 1. The van der Waals surface area contributed by atoms with Gasteiger partial charge in [-0.15, -0.1) is 10.2 Å². The molecule has 7 nitrogen and oxygen atoms in total. The summed E-state index contributed by atoms with van der Waals surface area (Å²) in [6.45, 7) is 4.72. The van der Waals surface area contributed by atoms with Crippen LogP contribution in [0.1, 0.15) is 17.0 Å². The Hall–Kier alpha value is -2.53. The van der Waals surface area contributed by atoms with Gasteiger partial charge in [0.25, 0.3) is 0 Å². The van der Waals surface area contributed by atoms with E-state index in [4.69, 9.17) is 4.74 Å². The normalized spacial score (nSPS) is 14.9. The summed E-state index contributed by atoms with van der Waals surface area (Å²) in [6.07, 6.45) is -4.36. The van der Waals surface area contributed by atoms with Crippen molar-refractivity contribution in [3.63, 3.8) is 0 Å². The van der Waals surface area contributed by atoms with Crippen LogP contribution in [-0.2, 0) is 17.0 Å². The maximum atomic E-state index is 13.2. The first-order valence-electron chi connectivity index (χ1n) is 9.88. The average Bonchev–Trinajstić information content (AvgIpc) is 3.28. The highest BCUT2D eigenvalue weighted by atomic mass is 32.2. The van der Waals surface area contributed by atoms with Gasteiger partial charge in [0.05, 0.1) is 24.6 Å². The van der Waals surface area contributed by atoms with E-state index in [-0.39, 0.29) is 11.1 Å². The summed E-state index contributed by atoms with van der Waals surface area (Å²) in [4.78, 5) is 1.79. The van der Waals surface area contributed by atoms with E-state index in [0.29, 0.717) is 32.1 Å². The van der Waals surface area contributed by atoms with Crippen molar-refractivity contribution < 1.29 is 17.9 Å². The molecule has 0 atom stereocenters. The van der Waals surface area contributed by atoms with Gasteiger partial charge in [-0.3, -0.25) is 4.57 Å². The monoisotopic (exact) mass is 452 g/mol. The van der Waals surface area contributed by atoms with Gasteiger partial charge in [-0.05, 0) is 37.6 Å². The molecule has 4 rings (SSSR count). The molecule has 3 aromatic rings. The highest BCUT2D eigenvalue weighted by Gasteiger charge is 2.32. The molecule has 1 saturated heterocycles. The molecule has 2 aromatic heterocycles. The third-order valence-electron chi connectivity index (χ3n) is 4.89. The molecule has 0 saturated carbocycles. The maximum absolute atomic E-state index is 13.2. The largest absolute Gasteiger partial charge is 0.406 e. The summed E-state index contributed by atoms with van der Waals surface area (Å²) in [5.41, 5.74) is 3.90. The van der Waals surface area contributed by atoms with Crippen molar-refractivity contribution in [1.29, 1.82) is 0 Å². The standard InChI is InChI=1S/C20H23F3N6OS/c1-14-11-15(2)29(26-14)17-5-3-16(4-6-17)12-31-19-25-24-18(27-7-9-30-10-8-27)28(19)13-20(21,22)23/h3-6,11H,7-10,12-13H2,1-2H3. The smallest absolute Gasteiger partial charge is 0.378 e. The van der Waals surface area contributed by atoms with Gasteiger partial charge in [0, 0.05) is 24.5 Å². The average molecular weight is 453 g/mol. The Morgan fingerprint density at radius 2 is 1.77 bits per heavy atom. The van der Waals surface area contributed by atoms with Crippen molar-refractivity contribution in [2.24, 2.45) is 0 Å². The number of nitrogens with zero attached hydrogens (tertiary/aromatic N) is 6. The molecule has 3 heterocycles. The van der Waals surface area contributed by atoms with E-state index in [2.05, 4.69) is 15.3 Å². The van der Waals surface area contributed by atoms with Crippen molar-refractivity contribution in [2.75, 3.05) is 31.2 Å². The first-order valence-corrected chi connectivity index (χ1v) is 10.9. The lowest BCUT2D eigenvalue weighted by molar-refractivity contribution is -0.141. The lowest BCUT2D eigenvalue weighted by Gasteiger charge is -2.28. The quantitative estimate of drug-likeness (QED) is 0.531. The van der Waals surface area contributed by atoms with E-state index >= 15 is 0 Å². The molecule has 166 valence electrons. The number of thioether (sulfide) groups is 1. The van der Waals surface area contributed by atoms with Crippen LogP contribution < -0.4 is 4.90 Å². The Morgan fingerprint density at radius 1 is 1.06 bits per heavy atom. The number of morpholine rings is 1. The van der Waals surface area contributed by atoms with Crippen molar-refractivity contribution in [3.8, 4) is 5.69 Å². The van der Waals surface area contributed by atoms with E-state index in [9.17, 15) is 13.2 Å². The number of aromatic nitrogens is 5. The molecule has 0 bridgehead atoms. The zero-order chi connectivity index (χ0) is 22.0. The van der Waals surface area contributed by atoms with Crippen LogP contribution in [0.15, 0.2) is 35.5 Å². The zero-order valence-corrected chi connectivity index (χ0v) is 18.1. The van der Waals surface area contributed by atoms with Gasteiger partial charge in [-0.1, -0.05) is 23.9 Å². The van der Waals surface area contributed by atoms with Crippen molar-refractivity contribution in [2.45, 2.75) is 37.5 Å². The van der Waals surface area contributed by atoms with Crippen LogP contribution in [-0.4, -0.2) is 57.0 Å². The summed E-state index contributed by atoms with van der Waals surface area (Å²) < 4.78 is 47.9. The van der Waals surface area contributed by atoms with Crippen LogP contribution in [0.4, 0.5) is 19.1 Å². The van der Waals surface area contributed by atoms with E-state index in [1.54, 1.807) is 4.90 Å². The summed E-state index contributed by atoms with van der Waals surface area (Å²) >= 11 is 1.24. The molecular weight excluding hydrogens is 429 g/mol. The van der Waals surface area contributed by atoms with Gasteiger partial charge >= 0.3 is 6.18 Å². The van der Waals surface area contributed by atoms with Crippen LogP contribution in [0.3, 0.4) is 0 Å². The molecule has 1 aromatic carbocycles. The molecule has 31 heavy (non-hydrogen) atoms. The van der Waals surface area contributed by atoms with Crippen molar-refractivity contribution in [3.05, 3.63) is 47.3 Å². The van der Waals surface area contributed by atoms with Crippen molar-refractivity contribution >= 4 is 17.7 Å². The van der Waals surface area contributed by atoms with E-state index in [1.807, 2.05) is 48.9 Å². The fourth-order valence-corrected chi connectivity index (χ4v) is 4.36. The number of rotatable bonds is 6. The van der Waals surface area contributed by atoms with Gasteiger partial charge in [0.2, 0.25) is 5.95 Å². The first-order chi connectivity index (χ1) is 14.8. The van der Waals surface area contributed by atoms with E-state index in [1.165, 1.54) is 11.8 Å². The topological polar surface area (TPSA) is 61.0 Å². The van der Waals surface area contributed by atoms with Crippen LogP contribution >= 0.6 is 11.8 Å². The number of hydrogen-bond acceptors (Lipinski definition) is 6. The minimum atomic E-state index is -4.36. The van der Waals surface area contributed by atoms with Crippen molar-refractivity contribution in [1.82, 2.24) is 24.5 Å². The molecule has 0 unspecified atom stereocenters. The second kappa shape index (κ2) is 8.91. The predicted molar refractivity (Wildman–Crippen MR) is 112 cm³/mol. The summed E-state index contributed by atoms with van der Waals surface area (Å²) in [5.74, 6) is 0.722. The highest BCUT2D eigenvalue weighted by Crippen LogP contribution is 2.29. The number of halogens is 3. The summed E-state index contributed by atoms with van der Waals surface area (Å²) in [7, 11) is 0. The molecule has 0 radical (unpaired) electrons. The fraction of sp³-hybridized carbons (Fsp3) is 0.450. The van der Waals surface area contributed by atoms with Gasteiger partial charge < -0.3 is 9.64 Å². The Morgan fingerprint density at radius 3 is 2.39 bits per heavy atom. The fourth-order valence-electron chi connectivity index (χ4n) is 3.47. The minimum Gasteiger partial charge on any atom is -0.378 e. The Kier molecular flexibility index (Phi) is 6.24. The van der Waals surface area contributed by atoms with Crippen LogP contribution in [0.2, 0.25) is 0 Å². The molecule has 0 aliphatic carbocycles. The lowest BCUT2D eigenvalue weighted by Crippen LogP contribution is -2.38. The van der Waals surface area contributed by atoms with Gasteiger partial charge in [0.1, 0.15) is 6.54 Å². The summed E-state index contributed by atoms with van der Waals surface area (Å²) in [6, 6.07) is 9.81. The Bertz CT molecular complexity index is 1020. The van der Waals surface area contributed by atoms with E-state index in [0.717, 1.165) is 27.2 Å². The maximum Gasteiger partial charge on any atom is 0.406 e. The SMILES string of the molecule is Cc1cc(C)n(-c2ccc(CSc3nnc(N4CCOCC4)n3CC(F)(F)F)cc2)n1. The van der Waals surface area contributed by atoms with E-state index < -0.39 is 12.7 Å². The molecule has 0 spiro atoms. The first kappa shape index (κ1) is 21.7. The second-order valence-electron chi connectivity index (χ2n) is 7.38. The third kappa shape index (κ3) is 5.21. The molecule has 0 N–H and O–H groups in total. The third-order valence-corrected chi connectivity index (χ3v) is 5.92. The molecule has 0 amide bonds. The number of ether oxygens (including phenoxy) is 1. The van der Waals surface area contributed by atoms with Gasteiger partial charge in [-0.25, -0.2) is 4.68 Å². The van der Waals surface area contributed by atoms with Gasteiger partial charge in [0.15, 0.2) is 5.16 Å². The molecule has 1 fully saturated rings. The molecular formula is C20H23F3N6OS. The van der Waals surface area contributed by atoms with Gasteiger partial charge in [-0.2, -0.15) is 18.3 Å². The predicted octanol–water partition coefficient (Wildman–Crippen LogP) is 3.77. The second-order valence-corrected chi connectivity index (χ2v) is 8.32. The molecule has 1 aliphatic heterocycles. The Labute approximate surface area is 182 Å². The number of alkyl halides is 3. The molecule has 1 aliphatic rings. The molecule has 11 heteroatoms. The number of aryl methyl sites for hydroxylation is 2. The lowest BCUT2D eigenvalue weighted by atomic mass is 10.2. The number of hydrogen-bond donors (Lipinski definition) is 0. The summed E-state index contributed by atoms with van der Waals surface area (Å²) in [5, 5.41) is 12.8. The van der Waals surface area contributed by atoms with Crippen LogP contribution in [0.5, 0.6) is 0 Å². The van der Waals surface area contributed by atoms with Crippen LogP contribution in [0, 0.1) is 13.8 Å². The highest BCUT2D eigenvalue weighted by molar-refractivity contribution is 7.98. The minimum absolute atomic E-state index is 0.239. The van der Waals surface area contributed by atoms with Crippen LogP contribution in [0.25, 0.3) is 5.69 Å². The zero-order valence-electron chi connectivity index (χ0n) is 17.3. The Balaban J connectivity index is 1.50.